The monoisotopic (exact) mass is 530 g/mol. The molecule has 0 spiro atoms. The summed E-state index contributed by atoms with van der Waals surface area (Å²) in [5.74, 6) is -3.68. The summed E-state index contributed by atoms with van der Waals surface area (Å²) in [7, 11) is 1.56. The molecule has 0 aromatic heterocycles. The van der Waals surface area contributed by atoms with Crippen molar-refractivity contribution in [2.75, 3.05) is 26.8 Å². The van der Waals surface area contributed by atoms with Crippen LogP contribution in [-0.2, 0) is 35.3 Å². The molecule has 11 heteroatoms. The highest BCUT2D eigenvalue weighted by molar-refractivity contribution is 6.06. The van der Waals surface area contributed by atoms with Crippen LogP contribution in [0.4, 0.5) is 0 Å². The fraction of sp³-hybridized carbons (Fsp3) is 0.593. The van der Waals surface area contributed by atoms with Crippen LogP contribution in [0.1, 0.15) is 38.2 Å². The molecule has 3 aliphatic rings. The Labute approximate surface area is 220 Å². The maximum atomic E-state index is 13.3. The molecule has 6 atom stereocenters. The highest BCUT2D eigenvalue weighted by Crippen LogP contribution is 2.49. The van der Waals surface area contributed by atoms with Gasteiger partial charge in [0.15, 0.2) is 0 Å². The van der Waals surface area contributed by atoms with Crippen LogP contribution in [-0.4, -0.2) is 83.6 Å². The predicted octanol–water partition coefficient (Wildman–Crippen LogP) is 0.886. The Morgan fingerprint density at radius 1 is 1.03 bits per heavy atom. The summed E-state index contributed by atoms with van der Waals surface area (Å²) in [6.45, 7) is 1.61. The Morgan fingerprint density at radius 3 is 2.42 bits per heavy atom. The second-order valence-corrected chi connectivity index (χ2v) is 9.85. The quantitative estimate of drug-likeness (QED) is 0.350. The normalized spacial score (nSPS) is 29.6. The van der Waals surface area contributed by atoms with Crippen molar-refractivity contribution in [3.05, 3.63) is 29.8 Å². The zero-order chi connectivity index (χ0) is 27.4. The molecule has 2 N–H and O–H groups in total. The van der Waals surface area contributed by atoms with Crippen molar-refractivity contribution in [2.45, 2.75) is 51.4 Å². The molecule has 0 unspecified atom stereocenters. The van der Waals surface area contributed by atoms with Crippen molar-refractivity contribution in [1.82, 2.24) is 4.90 Å². The number of aliphatic hydroxyl groups is 2. The summed E-state index contributed by atoms with van der Waals surface area (Å²) in [5.41, 5.74) is 1.33. The lowest BCUT2D eigenvalue weighted by molar-refractivity contribution is -0.146. The zero-order valence-corrected chi connectivity index (χ0v) is 21.6. The molecule has 3 fully saturated rings. The molecule has 0 radical (unpaired) electrons. The van der Waals surface area contributed by atoms with E-state index in [2.05, 4.69) is 4.99 Å². The number of hydrogen-bond acceptors (Lipinski definition) is 10. The lowest BCUT2D eigenvalue weighted by atomic mass is 9.60. The predicted molar refractivity (Wildman–Crippen MR) is 133 cm³/mol. The molecular weight excluding hydrogens is 496 g/mol. The summed E-state index contributed by atoms with van der Waals surface area (Å²) in [6, 6.07) is 7.11. The molecule has 11 nitrogen and oxygen atoms in total. The molecule has 0 bridgehead atoms. The third-order valence-corrected chi connectivity index (χ3v) is 7.69. The van der Waals surface area contributed by atoms with E-state index in [9.17, 15) is 29.4 Å². The molecular formula is C27H34N2O9. The van der Waals surface area contributed by atoms with Crippen molar-refractivity contribution >= 4 is 29.5 Å². The van der Waals surface area contributed by atoms with Crippen LogP contribution in [0.25, 0.3) is 0 Å². The lowest BCUT2D eigenvalue weighted by Crippen LogP contribution is -2.54. The first-order valence-corrected chi connectivity index (χ1v) is 12.9. The standard InChI is InChI=1S/C27H34N2O9/c1-3-37-21(31)10-11-29-26(34)18-9-8-17-19(12-20(30)25(33)23(17)24(18)27(29)35)28-13-22(32)38-14-15-4-6-16(36-2)7-5-15/h4-7,17-18,20,23-25,30,33H,3,8-14H2,1-2H3/t17-,18-,20-,23+,24-,25-/m1/s1. The van der Waals surface area contributed by atoms with Gasteiger partial charge < -0.3 is 24.4 Å². The van der Waals surface area contributed by atoms with E-state index in [0.29, 0.717) is 24.3 Å². The SMILES string of the molecule is CCOC(=O)CCN1C(=O)[C@H]2[C@H]3[C@H](O)[C@H](O)CC(=NCC(=O)OCc4ccc(OC)cc4)[C@H]3CC[C@H]2C1=O. The number of carbonyl (C=O) groups excluding carboxylic acids is 4. The number of nitrogens with zero attached hydrogens (tertiary/aromatic N) is 2. The minimum absolute atomic E-state index is 0.0696. The van der Waals surface area contributed by atoms with Gasteiger partial charge in [-0.2, -0.15) is 0 Å². The third-order valence-electron chi connectivity index (χ3n) is 7.69. The van der Waals surface area contributed by atoms with Gasteiger partial charge in [0, 0.05) is 30.5 Å². The van der Waals surface area contributed by atoms with E-state index >= 15 is 0 Å². The molecule has 2 aliphatic carbocycles. The second-order valence-electron chi connectivity index (χ2n) is 9.85. The number of amides is 2. The van der Waals surface area contributed by atoms with Crippen molar-refractivity contribution in [3.8, 4) is 5.75 Å². The van der Waals surface area contributed by atoms with Gasteiger partial charge in [-0.1, -0.05) is 12.1 Å². The minimum Gasteiger partial charge on any atom is -0.497 e. The Kier molecular flexibility index (Phi) is 8.78. The van der Waals surface area contributed by atoms with E-state index in [1.165, 1.54) is 0 Å². The number of ether oxygens (including phenoxy) is 3. The second kappa shape index (κ2) is 12.0. The number of benzene rings is 1. The van der Waals surface area contributed by atoms with E-state index in [1.54, 1.807) is 38.3 Å². The number of fused-ring (bicyclic) bond motifs is 3. The zero-order valence-electron chi connectivity index (χ0n) is 21.6. The molecule has 1 aromatic rings. The van der Waals surface area contributed by atoms with Gasteiger partial charge in [0.25, 0.3) is 0 Å². The van der Waals surface area contributed by atoms with Gasteiger partial charge in [0.05, 0.1) is 44.2 Å². The fourth-order valence-corrected chi connectivity index (χ4v) is 5.87. The first-order valence-electron chi connectivity index (χ1n) is 12.9. The van der Waals surface area contributed by atoms with Crippen LogP contribution >= 0.6 is 0 Å². The van der Waals surface area contributed by atoms with E-state index in [1.807, 2.05) is 0 Å². The number of likely N-dealkylation sites (tertiary alicyclic amines) is 1. The number of aliphatic imine (C=N–C) groups is 1. The Hall–Kier alpha value is -3.31. The van der Waals surface area contributed by atoms with Gasteiger partial charge in [-0.15, -0.1) is 0 Å². The highest BCUT2D eigenvalue weighted by Gasteiger charge is 2.59. The molecule has 206 valence electrons. The van der Waals surface area contributed by atoms with Crippen LogP contribution in [0, 0.1) is 23.7 Å². The number of esters is 2. The number of carbonyl (C=O) groups is 4. The molecule has 2 saturated carbocycles. The number of hydrogen-bond donors (Lipinski definition) is 2. The summed E-state index contributed by atoms with van der Waals surface area (Å²) < 4.78 is 15.3. The Morgan fingerprint density at radius 2 is 1.74 bits per heavy atom. The van der Waals surface area contributed by atoms with Crippen LogP contribution < -0.4 is 4.74 Å². The molecule has 1 heterocycles. The Balaban J connectivity index is 1.42. The number of rotatable bonds is 9. The van der Waals surface area contributed by atoms with E-state index in [4.69, 9.17) is 14.2 Å². The highest BCUT2D eigenvalue weighted by atomic mass is 16.5. The van der Waals surface area contributed by atoms with Crippen molar-refractivity contribution in [3.63, 3.8) is 0 Å². The molecule has 38 heavy (non-hydrogen) atoms. The molecule has 2 amide bonds. The maximum absolute atomic E-state index is 13.3. The van der Waals surface area contributed by atoms with Crippen LogP contribution in [0.2, 0.25) is 0 Å². The van der Waals surface area contributed by atoms with E-state index in [0.717, 1.165) is 10.5 Å². The maximum Gasteiger partial charge on any atom is 0.328 e. The van der Waals surface area contributed by atoms with Crippen molar-refractivity contribution in [2.24, 2.45) is 28.7 Å². The number of aliphatic hydroxyl groups excluding tert-OH is 2. The third kappa shape index (κ3) is 5.73. The summed E-state index contributed by atoms with van der Waals surface area (Å²) >= 11 is 0. The van der Waals surface area contributed by atoms with E-state index in [-0.39, 0.29) is 51.0 Å². The number of methoxy groups -OCH3 is 1. The number of imide groups is 1. The average Bonchev–Trinajstić information content (AvgIpc) is 3.16. The average molecular weight is 531 g/mol. The molecule has 4 rings (SSSR count). The summed E-state index contributed by atoms with van der Waals surface area (Å²) in [5, 5.41) is 21.5. The van der Waals surface area contributed by atoms with Gasteiger partial charge in [-0.3, -0.25) is 29.1 Å². The van der Waals surface area contributed by atoms with Crippen LogP contribution in [0.3, 0.4) is 0 Å². The Bertz CT molecular complexity index is 1090. The summed E-state index contributed by atoms with van der Waals surface area (Å²) in [6.07, 6.45) is -1.53. The first-order chi connectivity index (χ1) is 18.2. The largest absolute Gasteiger partial charge is 0.497 e. The fourth-order valence-electron chi connectivity index (χ4n) is 5.87. The van der Waals surface area contributed by atoms with Crippen molar-refractivity contribution < 1.29 is 43.6 Å². The van der Waals surface area contributed by atoms with Gasteiger partial charge in [-0.25, -0.2) is 0 Å². The molecule has 1 saturated heterocycles. The molecule has 1 aromatic carbocycles. The topological polar surface area (TPSA) is 152 Å². The van der Waals surface area contributed by atoms with E-state index < -0.39 is 47.8 Å². The smallest absolute Gasteiger partial charge is 0.328 e. The van der Waals surface area contributed by atoms with Gasteiger partial charge in [0.1, 0.15) is 18.9 Å². The molecule has 1 aliphatic heterocycles. The van der Waals surface area contributed by atoms with Gasteiger partial charge in [0.2, 0.25) is 11.8 Å². The van der Waals surface area contributed by atoms with Crippen LogP contribution in [0.5, 0.6) is 5.75 Å². The minimum atomic E-state index is -1.21. The summed E-state index contributed by atoms with van der Waals surface area (Å²) in [4.78, 5) is 56.0. The lowest BCUT2D eigenvalue weighted by Gasteiger charge is -2.46. The van der Waals surface area contributed by atoms with Gasteiger partial charge in [-0.05, 0) is 37.5 Å². The first kappa shape index (κ1) is 27.7. The van der Waals surface area contributed by atoms with Gasteiger partial charge >= 0.3 is 11.9 Å². The van der Waals surface area contributed by atoms with Crippen molar-refractivity contribution in [1.29, 1.82) is 0 Å². The van der Waals surface area contributed by atoms with Crippen LogP contribution in [0.15, 0.2) is 29.3 Å².